The molecule has 86 valence electrons. The molecular weight excluding hydrogens is 335 g/mol. The first-order valence-corrected chi connectivity index (χ1v) is 7.09. The standard InChI is InChI=1S/C11H13IN2OS/c1-13-4-2-3-11-14-6-9(15-11)8-5-10(12)16-7-8/h5-7,13H,2-4H2,1H3. The van der Waals surface area contributed by atoms with Crippen molar-refractivity contribution in [2.75, 3.05) is 13.6 Å². The summed E-state index contributed by atoms with van der Waals surface area (Å²) in [5, 5.41) is 5.21. The van der Waals surface area contributed by atoms with Gasteiger partial charge in [0.25, 0.3) is 0 Å². The van der Waals surface area contributed by atoms with E-state index in [4.69, 9.17) is 4.42 Å². The van der Waals surface area contributed by atoms with Gasteiger partial charge in [0.1, 0.15) is 0 Å². The van der Waals surface area contributed by atoms with Gasteiger partial charge < -0.3 is 9.73 Å². The van der Waals surface area contributed by atoms with E-state index in [1.165, 1.54) is 2.88 Å². The highest BCUT2D eigenvalue weighted by atomic mass is 127. The molecule has 2 aromatic rings. The number of nitrogens with zero attached hydrogens (tertiary/aromatic N) is 1. The smallest absolute Gasteiger partial charge is 0.194 e. The summed E-state index contributed by atoms with van der Waals surface area (Å²) in [5.41, 5.74) is 1.13. The Labute approximate surface area is 112 Å². The number of aryl methyl sites for hydroxylation is 1. The molecule has 2 aromatic heterocycles. The lowest BCUT2D eigenvalue weighted by Crippen LogP contribution is -2.08. The normalized spacial score (nSPS) is 10.9. The molecule has 1 N–H and O–H groups in total. The molecular formula is C11H13IN2OS. The summed E-state index contributed by atoms with van der Waals surface area (Å²) in [4.78, 5) is 4.28. The minimum absolute atomic E-state index is 0.825. The fourth-order valence-electron chi connectivity index (χ4n) is 1.41. The maximum Gasteiger partial charge on any atom is 0.194 e. The van der Waals surface area contributed by atoms with Crippen LogP contribution in [0.25, 0.3) is 11.3 Å². The van der Waals surface area contributed by atoms with Gasteiger partial charge >= 0.3 is 0 Å². The summed E-state index contributed by atoms with van der Waals surface area (Å²) in [6.07, 6.45) is 3.76. The number of hydrogen-bond donors (Lipinski definition) is 1. The second-order valence-corrected chi connectivity index (χ2v) is 6.27. The number of oxazole rings is 1. The van der Waals surface area contributed by atoms with Gasteiger partial charge in [0, 0.05) is 17.4 Å². The average molecular weight is 348 g/mol. The highest BCUT2D eigenvalue weighted by Crippen LogP contribution is 2.27. The Bertz CT molecular complexity index is 452. The Balaban J connectivity index is 2.02. The first-order chi connectivity index (χ1) is 7.79. The van der Waals surface area contributed by atoms with Crippen molar-refractivity contribution in [3.63, 3.8) is 0 Å². The van der Waals surface area contributed by atoms with E-state index in [2.05, 4.69) is 44.3 Å². The van der Waals surface area contributed by atoms with Crippen LogP contribution in [0.3, 0.4) is 0 Å². The van der Waals surface area contributed by atoms with Crippen LogP contribution in [0.15, 0.2) is 22.1 Å². The maximum absolute atomic E-state index is 5.69. The van der Waals surface area contributed by atoms with Gasteiger partial charge in [-0.3, -0.25) is 0 Å². The van der Waals surface area contributed by atoms with Gasteiger partial charge in [-0.1, -0.05) is 0 Å². The van der Waals surface area contributed by atoms with Crippen LogP contribution in [0.5, 0.6) is 0 Å². The Hall–Kier alpha value is -0.400. The quantitative estimate of drug-likeness (QED) is 0.666. The Morgan fingerprint density at radius 2 is 2.44 bits per heavy atom. The Kier molecular flexibility index (Phi) is 4.37. The molecule has 0 radical (unpaired) electrons. The molecule has 0 aliphatic rings. The van der Waals surface area contributed by atoms with E-state index in [0.29, 0.717) is 0 Å². The molecule has 0 aromatic carbocycles. The third kappa shape index (κ3) is 3.05. The summed E-state index contributed by atoms with van der Waals surface area (Å²) in [6, 6.07) is 2.11. The Morgan fingerprint density at radius 3 is 3.12 bits per heavy atom. The van der Waals surface area contributed by atoms with Crippen LogP contribution in [-0.4, -0.2) is 18.6 Å². The van der Waals surface area contributed by atoms with Crippen LogP contribution in [0.1, 0.15) is 12.3 Å². The number of hydrogen-bond acceptors (Lipinski definition) is 4. The zero-order chi connectivity index (χ0) is 11.4. The average Bonchev–Trinajstić information content (AvgIpc) is 2.87. The van der Waals surface area contributed by atoms with E-state index in [-0.39, 0.29) is 0 Å². The molecule has 0 unspecified atom stereocenters. The van der Waals surface area contributed by atoms with E-state index >= 15 is 0 Å². The van der Waals surface area contributed by atoms with Crippen LogP contribution < -0.4 is 5.32 Å². The molecule has 0 amide bonds. The molecule has 0 fully saturated rings. The first kappa shape index (κ1) is 12.1. The lowest BCUT2D eigenvalue weighted by atomic mass is 10.3. The molecule has 0 bridgehead atoms. The molecule has 2 heterocycles. The van der Waals surface area contributed by atoms with Crippen LogP contribution in [0.4, 0.5) is 0 Å². The van der Waals surface area contributed by atoms with Gasteiger partial charge in [0.2, 0.25) is 0 Å². The number of halogens is 1. The van der Waals surface area contributed by atoms with Crippen molar-refractivity contribution in [3.8, 4) is 11.3 Å². The summed E-state index contributed by atoms with van der Waals surface area (Å²) in [6.45, 7) is 0.994. The molecule has 16 heavy (non-hydrogen) atoms. The molecule has 0 aliphatic heterocycles. The fraction of sp³-hybridized carbons (Fsp3) is 0.364. The molecule has 5 heteroatoms. The third-order valence-corrected chi connectivity index (χ3v) is 4.01. The van der Waals surface area contributed by atoms with Crippen molar-refractivity contribution in [2.24, 2.45) is 0 Å². The summed E-state index contributed by atoms with van der Waals surface area (Å²) in [5.74, 6) is 1.70. The Morgan fingerprint density at radius 1 is 1.56 bits per heavy atom. The van der Waals surface area contributed by atoms with E-state index in [1.807, 2.05) is 13.2 Å². The zero-order valence-corrected chi connectivity index (χ0v) is 12.0. The van der Waals surface area contributed by atoms with Gasteiger partial charge in [-0.15, -0.1) is 11.3 Å². The molecule has 0 spiro atoms. The highest BCUT2D eigenvalue weighted by molar-refractivity contribution is 14.1. The van der Waals surface area contributed by atoms with Crippen molar-refractivity contribution in [2.45, 2.75) is 12.8 Å². The van der Waals surface area contributed by atoms with Gasteiger partial charge in [0.15, 0.2) is 11.7 Å². The number of aromatic nitrogens is 1. The van der Waals surface area contributed by atoms with Crippen LogP contribution in [0.2, 0.25) is 0 Å². The zero-order valence-electron chi connectivity index (χ0n) is 9.00. The maximum atomic E-state index is 5.69. The molecule has 2 rings (SSSR count). The molecule has 3 nitrogen and oxygen atoms in total. The molecule has 0 aliphatic carbocycles. The predicted octanol–water partition coefficient (Wildman–Crippen LogP) is 3.16. The molecule has 0 saturated heterocycles. The number of thiophene rings is 1. The monoisotopic (exact) mass is 348 g/mol. The lowest BCUT2D eigenvalue weighted by Gasteiger charge is -1.95. The second-order valence-electron chi connectivity index (χ2n) is 3.46. The van der Waals surface area contributed by atoms with Crippen molar-refractivity contribution in [1.82, 2.24) is 10.3 Å². The summed E-state index contributed by atoms with van der Waals surface area (Å²) in [7, 11) is 1.95. The third-order valence-electron chi connectivity index (χ3n) is 2.22. The van der Waals surface area contributed by atoms with Crippen molar-refractivity contribution >= 4 is 33.9 Å². The fourth-order valence-corrected chi connectivity index (χ4v) is 2.75. The first-order valence-electron chi connectivity index (χ1n) is 5.13. The van der Waals surface area contributed by atoms with Crippen LogP contribution >= 0.6 is 33.9 Å². The molecule has 0 atom stereocenters. The topological polar surface area (TPSA) is 38.1 Å². The van der Waals surface area contributed by atoms with Crippen molar-refractivity contribution in [3.05, 3.63) is 26.4 Å². The number of rotatable bonds is 5. The van der Waals surface area contributed by atoms with Gasteiger partial charge in [-0.05, 0) is 48.7 Å². The van der Waals surface area contributed by atoms with Crippen LogP contribution in [-0.2, 0) is 6.42 Å². The van der Waals surface area contributed by atoms with E-state index in [1.54, 1.807) is 11.3 Å². The van der Waals surface area contributed by atoms with Crippen molar-refractivity contribution in [1.29, 1.82) is 0 Å². The van der Waals surface area contributed by atoms with E-state index < -0.39 is 0 Å². The minimum Gasteiger partial charge on any atom is -0.441 e. The van der Waals surface area contributed by atoms with Crippen LogP contribution in [0, 0.1) is 2.88 Å². The summed E-state index contributed by atoms with van der Waals surface area (Å²) < 4.78 is 6.96. The number of nitrogens with one attached hydrogen (secondary N) is 1. The van der Waals surface area contributed by atoms with Gasteiger partial charge in [0.05, 0.1) is 9.08 Å². The largest absolute Gasteiger partial charge is 0.441 e. The van der Waals surface area contributed by atoms with Gasteiger partial charge in [-0.2, -0.15) is 0 Å². The highest BCUT2D eigenvalue weighted by Gasteiger charge is 2.07. The van der Waals surface area contributed by atoms with E-state index in [0.717, 1.165) is 36.6 Å². The predicted molar refractivity (Wildman–Crippen MR) is 74.8 cm³/mol. The second kappa shape index (κ2) is 5.79. The van der Waals surface area contributed by atoms with E-state index in [9.17, 15) is 0 Å². The minimum atomic E-state index is 0.825. The SMILES string of the molecule is CNCCCc1ncc(-c2csc(I)c2)o1. The summed E-state index contributed by atoms with van der Waals surface area (Å²) >= 11 is 4.03. The van der Waals surface area contributed by atoms with Crippen molar-refractivity contribution < 1.29 is 4.42 Å². The lowest BCUT2D eigenvalue weighted by molar-refractivity contribution is 0.495. The molecule has 0 saturated carbocycles. The van der Waals surface area contributed by atoms with Gasteiger partial charge in [-0.25, -0.2) is 4.98 Å².